The molecule has 50 heavy (non-hydrogen) atoms. The number of hydrogen-bond donors (Lipinski definition) is 7. The Bertz CT molecular complexity index is 1700. The molecular weight excluding hydrogens is 630 g/mol. The molecule has 0 saturated heterocycles. The number of allylic oxidation sites excluding steroid dienone is 2. The van der Waals surface area contributed by atoms with Crippen molar-refractivity contribution in [2.75, 3.05) is 26.2 Å². The van der Waals surface area contributed by atoms with Gasteiger partial charge in [-0.25, -0.2) is 0 Å². The molecule has 0 atom stereocenters. The first-order valence-electron chi connectivity index (χ1n) is 17.6. The molecule has 0 heterocycles. The summed E-state index contributed by atoms with van der Waals surface area (Å²) >= 11 is 0. The Balaban J connectivity index is 0.979. The highest BCUT2D eigenvalue weighted by Gasteiger charge is 2.15. The third-order valence-electron chi connectivity index (χ3n) is 8.98. The number of rotatable bonds is 19. The molecule has 4 aromatic rings. The normalized spacial score (nSPS) is 11.6. The van der Waals surface area contributed by atoms with Crippen molar-refractivity contribution in [1.82, 2.24) is 16.0 Å². The lowest BCUT2D eigenvalue weighted by atomic mass is 9.98. The van der Waals surface area contributed by atoms with Gasteiger partial charge in [-0.1, -0.05) is 72.8 Å². The molecule has 2 amide bonds. The average Bonchev–Trinajstić information content (AvgIpc) is 3.12. The molecule has 9 heteroatoms. The van der Waals surface area contributed by atoms with Gasteiger partial charge >= 0.3 is 0 Å². The molecule has 0 aliphatic carbocycles. The van der Waals surface area contributed by atoms with Gasteiger partial charge in [0, 0.05) is 69.7 Å². The fraction of sp³-hybridized carbons (Fsp3) is 0.366. The first-order chi connectivity index (χ1) is 24.2. The van der Waals surface area contributed by atoms with Crippen LogP contribution in [0.1, 0.15) is 80.0 Å². The third-order valence-corrected chi connectivity index (χ3v) is 8.98. The first-order valence-corrected chi connectivity index (χ1v) is 17.6. The van der Waals surface area contributed by atoms with Crippen LogP contribution in [0, 0.1) is 13.8 Å². The van der Waals surface area contributed by atoms with Gasteiger partial charge in [0.15, 0.2) is 0 Å². The van der Waals surface area contributed by atoms with Crippen molar-refractivity contribution in [2.45, 2.75) is 71.6 Å². The molecule has 0 spiro atoms. The molecule has 0 aliphatic rings. The van der Waals surface area contributed by atoms with Gasteiger partial charge in [-0.15, -0.1) is 0 Å². The smallest absolute Gasteiger partial charge is 0.220 e. The molecule has 0 bridgehead atoms. The van der Waals surface area contributed by atoms with E-state index in [-0.39, 0.29) is 34.8 Å². The lowest BCUT2D eigenvalue weighted by Crippen LogP contribution is -2.28. The second-order valence-corrected chi connectivity index (χ2v) is 12.7. The van der Waals surface area contributed by atoms with E-state index in [1.54, 1.807) is 38.1 Å². The summed E-state index contributed by atoms with van der Waals surface area (Å²) in [6, 6.07) is 14.4. The van der Waals surface area contributed by atoms with Crippen LogP contribution >= 0.6 is 0 Å². The Morgan fingerprint density at radius 2 is 0.920 bits per heavy atom. The minimum Gasteiger partial charge on any atom is -0.507 e. The minimum absolute atomic E-state index is 0.0205. The van der Waals surface area contributed by atoms with E-state index in [2.05, 4.69) is 16.0 Å². The van der Waals surface area contributed by atoms with Crippen molar-refractivity contribution in [1.29, 1.82) is 0 Å². The predicted molar refractivity (Wildman–Crippen MR) is 203 cm³/mol. The second kappa shape index (κ2) is 19.2. The summed E-state index contributed by atoms with van der Waals surface area (Å²) in [6.07, 6.45) is 13.8. The number of fused-ring (bicyclic) bond motifs is 2. The molecule has 4 rings (SSSR count). The van der Waals surface area contributed by atoms with E-state index in [0.717, 1.165) is 32.4 Å². The van der Waals surface area contributed by atoms with E-state index in [1.165, 1.54) is 0 Å². The van der Waals surface area contributed by atoms with Gasteiger partial charge in [-0.3, -0.25) is 9.59 Å². The number of hydrogen-bond acceptors (Lipinski definition) is 7. The van der Waals surface area contributed by atoms with Crippen LogP contribution in [0.5, 0.6) is 23.0 Å². The van der Waals surface area contributed by atoms with Crippen molar-refractivity contribution in [3.63, 3.8) is 0 Å². The maximum atomic E-state index is 12.2. The lowest BCUT2D eigenvalue weighted by molar-refractivity contribution is -0.122. The zero-order valence-electron chi connectivity index (χ0n) is 29.2. The maximum absolute atomic E-state index is 12.2. The van der Waals surface area contributed by atoms with Crippen LogP contribution in [0.15, 0.2) is 60.7 Å². The SMILES string of the molecule is Cc1c(/C=C/CCCC(=O)NCCCCNCCCNC(=O)CCC/C=C/c2c(C)c(O)c3ccccc3c2O)c(O)c2ccccc2c1O. The number of nitrogens with one attached hydrogen (secondary N) is 3. The van der Waals surface area contributed by atoms with Gasteiger partial charge in [-0.2, -0.15) is 0 Å². The molecule has 7 N–H and O–H groups in total. The number of amides is 2. The van der Waals surface area contributed by atoms with Gasteiger partial charge in [-0.05, 0) is 71.9 Å². The van der Waals surface area contributed by atoms with Gasteiger partial charge in [0.2, 0.25) is 11.8 Å². The monoisotopic (exact) mass is 681 g/mol. The number of carbonyl (C=O) groups excluding carboxylic acids is 2. The van der Waals surface area contributed by atoms with Crippen LogP contribution in [-0.2, 0) is 9.59 Å². The fourth-order valence-corrected chi connectivity index (χ4v) is 6.01. The maximum Gasteiger partial charge on any atom is 0.220 e. The Morgan fingerprint density at radius 3 is 1.38 bits per heavy atom. The molecule has 0 aromatic heterocycles. The standard InChI is InChI=1S/C41H51N3O6/c1-28-30(40(49)34-20-11-9-18-32(34)38(28)47)16-5-3-7-22-36(45)43-26-14-13-24-42-25-15-27-44-37(46)23-8-4-6-17-31-29(2)39(48)33-19-10-12-21-35(33)41(31)50/h5-6,9-12,16-21,42,47-50H,3-4,7-8,13-15,22-27H2,1-2H3,(H,43,45)(H,44,46)/b16-5+,17-6+. The Hall–Kier alpha value is -5.02. The number of carbonyl (C=O) groups is 2. The van der Waals surface area contributed by atoms with Crippen molar-refractivity contribution in [2.24, 2.45) is 0 Å². The quantitative estimate of drug-likeness (QED) is 0.0400. The predicted octanol–water partition coefficient (Wildman–Crippen LogP) is 7.49. The number of benzene rings is 4. The zero-order valence-corrected chi connectivity index (χ0v) is 29.2. The Kier molecular flexibility index (Phi) is 14.5. The summed E-state index contributed by atoms with van der Waals surface area (Å²) < 4.78 is 0. The summed E-state index contributed by atoms with van der Waals surface area (Å²) in [4.78, 5) is 24.4. The largest absolute Gasteiger partial charge is 0.507 e. The average molecular weight is 682 g/mol. The molecule has 0 saturated carbocycles. The summed E-state index contributed by atoms with van der Waals surface area (Å²) in [7, 11) is 0. The van der Waals surface area contributed by atoms with Crippen molar-refractivity contribution < 1.29 is 30.0 Å². The first kappa shape index (κ1) is 37.8. The molecule has 0 fully saturated rings. The van der Waals surface area contributed by atoms with Crippen molar-refractivity contribution >= 4 is 45.5 Å². The van der Waals surface area contributed by atoms with E-state index in [0.29, 0.717) is 95.4 Å². The van der Waals surface area contributed by atoms with Crippen LogP contribution < -0.4 is 16.0 Å². The van der Waals surface area contributed by atoms with Crippen LogP contribution in [0.2, 0.25) is 0 Å². The Labute approximate surface area is 294 Å². The highest BCUT2D eigenvalue weighted by atomic mass is 16.3. The van der Waals surface area contributed by atoms with Crippen LogP contribution in [-0.4, -0.2) is 58.4 Å². The fourth-order valence-electron chi connectivity index (χ4n) is 6.01. The third kappa shape index (κ3) is 10.2. The summed E-state index contributed by atoms with van der Waals surface area (Å²) in [5, 5.41) is 54.2. The van der Waals surface area contributed by atoms with E-state index in [1.807, 2.05) is 48.6 Å². The molecular formula is C41H51N3O6. The lowest BCUT2D eigenvalue weighted by Gasteiger charge is -2.11. The molecule has 266 valence electrons. The summed E-state index contributed by atoms with van der Waals surface area (Å²) in [5.41, 5.74) is 2.45. The van der Waals surface area contributed by atoms with Gasteiger partial charge in [0.1, 0.15) is 23.0 Å². The molecule has 0 unspecified atom stereocenters. The second-order valence-electron chi connectivity index (χ2n) is 12.7. The van der Waals surface area contributed by atoms with Crippen LogP contribution in [0.25, 0.3) is 33.7 Å². The van der Waals surface area contributed by atoms with E-state index < -0.39 is 0 Å². The number of aromatic hydroxyl groups is 4. The minimum atomic E-state index is 0.0205. The number of unbranched alkanes of at least 4 members (excludes halogenated alkanes) is 3. The van der Waals surface area contributed by atoms with Gasteiger partial charge in [0.05, 0.1) is 0 Å². The highest BCUT2D eigenvalue weighted by molar-refractivity contribution is 5.98. The highest BCUT2D eigenvalue weighted by Crippen LogP contribution is 2.41. The van der Waals surface area contributed by atoms with Crippen LogP contribution in [0.4, 0.5) is 0 Å². The molecule has 0 radical (unpaired) electrons. The zero-order chi connectivity index (χ0) is 35.9. The molecule has 9 nitrogen and oxygen atoms in total. The van der Waals surface area contributed by atoms with E-state index >= 15 is 0 Å². The Morgan fingerprint density at radius 1 is 0.540 bits per heavy atom. The van der Waals surface area contributed by atoms with E-state index in [9.17, 15) is 30.0 Å². The van der Waals surface area contributed by atoms with E-state index in [4.69, 9.17) is 0 Å². The topological polar surface area (TPSA) is 151 Å². The van der Waals surface area contributed by atoms with Crippen molar-refractivity contribution in [3.05, 3.63) is 82.9 Å². The molecule has 4 aromatic carbocycles. The van der Waals surface area contributed by atoms with Gasteiger partial charge < -0.3 is 36.4 Å². The van der Waals surface area contributed by atoms with Crippen molar-refractivity contribution in [3.8, 4) is 23.0 Å². The number of phenolic OH excluding ortho intramolecular Hbond substituents is 4. The van der Waals surface area contributed by atoms with Crippen LogP contribution in [0.3, 0.4) is 0 Å². The summed E-state index contributed by atoms with van der Waals surface area (Å²) in [6.45, 7) is 6.47. The van der Waals surface area contributed by atoms with Gasteiger partial charge in [0.25, 0.3) is 0 Å². The summed E-state index contributed by atoms with van der Waals surface area (Å²) in [5.74, 6) is 0.692. The number of phenols is 4. The molecule has 0 aliphatic heterocycles.